The molecule has 1 aliphatic heterocycles. The van der Waals surface area contributed by atoms with Gasteiger partial charge in [0.25, 0.3) is 0 Å². The molecule has 1 aromatic carbocycles. The van der Waals surface area contributed by atoms with E-state index >= 15 is 0 Å². The van der Waals surface area contributed by atoms with Gasteiger partial charge in [0, 0.05) is 31.9 Å². The molecular formula is C16H26N4O. The summed E-state index contributed by atoms with van der Waals surface area (Å²) in [6.45, 7) is 9.71. The third kappa shape index (κ3) is 5.73. The molecule has 3 N–H and O–H groups in total. The number of aliphatic imine (C=N–C) groups is 1. The number of guanidine groups is 1. The van der Waals surface area contributed by atoms with Gasteiger partial charge in [-0.3, -0.25) is 9.89 Å². The molecule has 0 saturated carbocycles. The topological polar surface area (TPSA) is 62.9 Å². The van der Waals surface area contributed by atoms with Crippen LogP contribution in [0.2, 0.25) is 0 Å². The molecule has 1 heterocycles. The van der Waals surface area contributed by atoms with Crippen LogP contribution in [0.25, 0.3) is 0 Å². The fourth-order valence-electron chi connectivity index (χ4n) is 2.55. The highest BCUT2D eigenvalue weighted by Crippen LogP contribution is 2.13. The van der Waals surface area contributed by atoms with Gasteiger partial charge < -0.3 is 15.8 Å². The van der Waals surface area contributed by atoms with Crippen molar-refractivity contribution in [2.45, 2.75) is 20.3 Å². The molecule has 116 valence electrons. The summed E-state index contributed by atoms with van der Waals surface area (Å²) in [4.78, 5) is 6.80. The second-order valence-electron chi connectivity index (χ2n) is 5.58. The number of aryl methyl sites for hydroxylation is 2. The number of hydrogen-bond donors (Lipinski definition) is 2. The summed E-state index contributed by atoms with van der Waals surface area (Å²) in [5.74, 6) is 0.488. The lowest BCUT2D eigenvalue weighted by Crippen LogP contribution is -2.37. The summed E-state index contributed by atoms with van der Waals surface area (Å²) in [5, 5.41) is 3.16. The minimum Gasteiger partial charge on any atom is -0.379 e. The zero-order valence-electron chi connectivity index (χ0n) is 13.1. The van der Waals surface area contributed by atoms with E-state index in [1.165, 1.54) is 11.1 Å². The highest BCUT2D eigenvalue weighted by molar-refractivity contribution is 5.92. The molecule has 0 aromatic heterocycles. The quantitative estimate of drug-likeness (QED) is 0.493. The molecule has 5 heteroatoms. The van der Waals surface area contributed by atoms with Crippen molar-refractivity contribution in [1.82, 2.24) is 4.90 Å². The first-order valence-corrected chi connectivity index (χ1v) is 7.59. The van der Waals surface area contributed by atoms with Gasteiger partial charge in [-0.1, -0.05) is 6.07 Å². The van der Waals surface area contributed by atoms with Crippen LogP contribution in [-0.2, 0) is 4.74 Å². The monoisotopic (exact) mass is 290 g/mol. The molecule has 21 heavy (non-hydrogen) atoms. The molecule has 0 radical (unpaired) electrons. The van der Waals surface area contributed by atoms with Gasteiger partial charge in [-0.25, -0.2) is 0 Å². The van der Waals surface area contributed by atoms with Gasteiger partial charge >= 0.3 is 0 Å². The van der Waals surface area contributed by atoms with E-state index in [9.17, 15) is 0 Å². The van der Waals surface area contributed by atoms with E-state index in [4.69, 9.17) is 10.5 Å². The molecule has 1 saturated heterocycles. The minimum absolute atomic E-state index is 0.488. The Morgan fingerprint density at radius 2 is 1.90 bits per heavy atom. The largest absolute Gasteiger partial charge is 0.379 e. The van der Waals surface area contributed by atoms with Gasteiger partial charge in [-0.2, -0.15) is 0 Å². The standard InChI is InChI=1S/C16H26N4O/c1-13-10-14(2)12-15(11-13)19-16(17)18-4-3-5-20-6-8-21-9-7-20/h10-12H,3-9H2,1-2H3,(H3,17,18,19). The Morgan fingerprint density at radius 1 is 1.24 bits per heavy atom. The molecule has 0 bridgehead atoms. The number of anilines is 1. The first-order chi connectivity index (χ1) is 10.1. The van der Waals surface area contributed by atoms with E-state index in [1.807, 2.05) is 0 Å². The van der Waals surface area contributed by atoms with Crippen molar-refractivity contribution in [2.24, 2.45) is 10.7 Å². The summed E-state index contributed by atoms with van der Waals surface area (Å²) in [6, 6.07) is 6.28. The first kappa shape index (κ1) is 15.8. The van der Waals surface area contributed by atoms with Crippen LogP contribution in [0.4, 0.5) is 5.69 Å². The van der Waals surface area contributed by atoms with E-state index in [0.29, 0.717) is 5.96 Å². The van der Waals surface area contributed by atoms with Crippen LogP contribution in [0.1, 0.15) is 17.5 Å². The van der Waals surface area contributed by atoms with Crippen LogP contribution in [0, 0.1) is 13.8 Å². The molecule has 2 rings (SSSR count). The van der Waals surface area contributed by atoms with Gasteiger partial charge in [0.05, 0.1) is 13.2 Å². The molecular weight excluding hydrogens is 264 g/mol. The summed E-state index contributed by atoms with van der Waals surface area (Å²) < 4.78 is 5.33. The second-order valence-corrected chi connectivity index (χ2v) is 5.58. The highest BCUT2D eigenvalue weighted by Gasteiger charge is 2.08. The highest BCUT2D eigenvalue weighted by atomic mass is 16.5. The number of hydrogen-bond acceptors (Lipinski definition) is 3. The van der Waals surface area contributed by atoms with Crippen LogP contribution in [0.3, 0.4) is 0 Å². The summed E-state index contributed by atoms with van der Waals surface area (Å²) in [5.41, 5.74) is 9.37. The molecule has 0 spiro atoms. The molecule has 0 unspecified atom stereocenters. The van der Waals surface area contributed by atoms with Crippen LogP contribution in [-0.4, -0.2) is 50.3 Å². The summed E-state index contributed by atoms with van der Waals surface area (Å²) >= 11 is 0. The Kier molecular flexibility index (Phi) is 6.02. The van der Waals surface area contributed by atoms with Crippen molar-refractivity contribution in [3.8, 4) is 0 Å². The molecule has 1 aliphatic rings. The van der Waals surface area contributed by atoms with Crippen molar-refractivity contribution in [1.29, 1.82) is 0 Å². The Morgan fingerprint density at radius 3 is 2.57 bits per heavy atom. The smallest absolute Gasteiger partial charge is 0.193 e. The van der Waals surface area contributed by atoms with E-state index in [2.05, 4.69) is 47.3 Å². The minimum atomic E-state index is 0.488. The van der Waals surface area contributed by atoms with Crippen molar-refractivity contribution in [3.05, 3.63) is 29.3 Å². The van der Waals surface area contributed by atoms with Gasteiger partial charge in [-0.15, -0.1) is 0 Å². The summed E-state index contributed by atoms with van der Waals surface area (Å²) in [7, 11) is 0. The molecule has 0 atom stereocenters. The number of rotatable bonds is 5. The van der Waals surface area contributed by atoms with Crippen molar-refractivity contribution in [2.75, 3.05) is 44.7 Å². The van der Waals surface area contributed by atoms with Crippen LogP contribution in [0.15, 0.2) is 23.2 Å². The fourth-order valence-corrected chi connectivity index (χ4v) is 2.55. The zero-order chi connectivity index (χ0) is 15.1. The number of nitrogens with one attached hydrogen (secondary N) is 1. The predicted molar refractivity (Wildman–Crippen MR) is 87.9 cm³/mol. The number of benzene rings is 1. The molecule has 1 aromatic rings. The lowest BCUT2D eigenvalue weighted by atomic mass is 10.1. The Bertz CT molecular complexity index is 461. The number of ether oxygens (including phenoxy) is 1. The average Bonchev–Trinajstić information content (AvgIpc) is 2.43. The molecule has 0 amide bonds. The third-order valence-electron chi connectivity index (χ3n) is 3.51. The number of nitrogens with two attached hydrogens (primary N) is 1. The predicted octanol–water partition coefficient (Wildman–Crippen LogP) is 1.75. The van der Waals surface area contributed by atoms with E-state index in [-0.39, 0.29) is 0 Å². The van der Waals surface area contributed by atoms with Gasteiger partial charge in [-0.05, 0) is 43.5 Å². The van der Waals surface area contributed by atoms with Gasteiger partial charge in [0.1, 0.15) is 0 Å². The van der Waals surface area contributed by atoms with Gasteiger partial charge in [0.2, 0.25) is 0 Å². The second kappa shape index (κ2) is 8.00. The van der Waals surface area contributed by atoms with Crippen molar-refractivity contribution < 1.29 is 4.74 Å². The maximum atomic E-state index is 5.93. The van der Waals surface area contributed by atoms with Crippen LogP contribution < -0.4 is 11.1 Å². The van der Waals surface area contributed by atoms with E-state index < -0.39 is 0 Å². The van der Waals surface area contributed by atoms with E-state index in [0.717, 1.165) is 51.5 Å². The van der Waals surface area contributed by atoms with Crippen LogP contribution >= 0.6 is 0 Å². The van der Waals surface area contributed by atoms with E-state index in [1.54, 1.807) is 0 Å². The molecule has 1 fully saturated rings. The first-order valence-electron chi connectivity index (χ1n) is 7.59. The molecule has 0 aliphatic carbocycles. The average molecular weight is 290 g/mol. The van der Waals surface area contributed by atoms with Crippen molar-refractivity contribution >= 4 is 11.6 Å². The number of morpholine rings is 1. The zero-order valence-corrected chi connectivity index (χ0v) is 13.1. The Balaban J connectivity index is 1.73. The molecule has 5 nitrogen and oxygen atoms in total. The van der Waals surface area contributed by atoms with Gasteiger partial charge in [0.15, 0.2) is 5.96 Å². The lowest BCUT2D eigenvalue weighted by molar-refractivity contribution is 0.0377. The Hall–Kier alpha value is -1.59. The summed E-state index contributed by atoms with van der Waals surface area (Å²) in [6.07, 6.45) is 1.02. The maximum Gasteiger partial charge on any atom is 0.193 e. The third-order valence-corrected chi connectivity index (χ3v) is 3.51. The normalized spacial score (nSPS) is 17.0. The maximum absolute atomic E-state index is 5.93. The lowest BCUT2D eigenvalue weighted by Gasteiger charge is -2.26. The number of nitrogens with zero attached hydrogens (tertiary/aromatic N) is 2. The SMILES string of the molecule is Cc1cc(C)cc(NC(N)=NCCCN2CCOCC2)c1. The van der Waals surface area contributed by atoms with Crippen LogP contribution in [0.5, 0.6) is 0 Å². The fraction of sp³-hybridized carbons (Fsp3) is 0.562. The van der Waals surface area contributed by atoms with Crippen molar-refractivity contribution in [3.63, 3.8) is 0 Å². The Labute approximate surface area is 127 Å².